The second kappa shape index (κ2) is 4.94. The number of aliphatic hydroxyl groups excluding tert-OH is 1. The molecular weight excluding hydrogens is 244 g/mol. The average Bonchev–Trinajstić information content (AvgIpc) is 2.57. The fourth-order valence-electron chi connectivity index (χ4n) is 1.41. The van der Waals surface area contributed by atoms with E-state index in [-0.39, 0.29) is 5.92 Å². The first-order valence-corrected chi connectivity index (χ1v) is 5.80. The summed E-state index contributed by atoms with van der Waals surface area (Å²) in [5, 5.41) is 14.3. The van der Waals surface area contributed by atoms with E-state index in [1.165, 1.54) is 0 Å². The molecule has 0 aliphatic rings. The minimum Gasteiger partial charge on any atom is -0.386 e. The van der Waals surface area contributed by atoms with E-state index < -0.39 is 6.10 Å². The number of nitrogens with zero attached hydrogens (tertiary/aromatic N) is 2. The van der Waals surface area contributed by atoms with Gasteiger partial charge in [-0.3, -0.25) is 4.68 Å². The Morgan fingerprint density at radius 3 is 2.71 bits per heavy atom. The summed E-state index contributed by atoms with van der Waals surface area (Å²) in [6, 6.07) is 0. The lowest BCUT2D eigenvalue weighted by atomic mass is 9.99. The Hall–Kier alpha value is -0.350. The number of halogens is 1. The third kappa shape index (κ3) is 2.17. The first-order chi connectivity index (χ1) is 6.61. The van der Waals surface area contributed by atoms with Crippen LogP contribution >= 0.6 is 15.9 Å². The van der Waals surface area contributed by atoms with E-state index in [4.69, 9.17) is 0 Å². The van der Waals surface area contributed by atoms with Crippen LogP contribution in [0.4, 0.5) is 0 Å². The first kappa shape index (κ1) is 11.7. The lowest BCUT2D eigenvalue weighted by molar-refractivity contribution is 0.105. The van der Waals surface area contributed by atoms with E-state index in [1.807, 2.05) is 18.5 Å². The predicted octanol–water partition coefficient (Wildman–Crippen LogP) is 2.75. The highest BCUT2D eigenvalue weighted by molar-refractivity contribution is 9.10. The zero-order valence-corrected chi connectivity index (χ0v) is 10.5. The zero-order valence-electron chi connectivity index (χ0n) is 8.87. The second-order valence-corrected chi connectivity index (χ2v) is 4.38. The fourth-order valence-corrected chi connectivity index (χ4v) is 1.94. The van der Waals surface area contributed by atoms with E-state index in [1.54, 1.807) is 6.20 Å². The largest absolute Gasteiger partial charge is 0.386 e. The van der Waals surface area contributed by atoms with Crippen LogP contribution in [0.15, 0.2) is 10.7 Å². The van der Waals surface area contributed by atoms with Gasteiger partial charge in [-0.25, -0.2) is 0 Å². The summed E-state index contributed by atoms with van der Waals surface area (Å²) >= 11 is 3.41. The molecule has 0 aliphatic heterocycles. The summed E-state index contributed by atoms with van der Waals surface area (Å²) in [6.45, 7) is 6.93. The van der Waals surface area contributed by atoms with Crippen LogP contribution in [0.2, 0.25) is 0 Å². The molecule has 0 aromatic carbocycles. The normalized spacial score (nSPS) is 15.5. The Morgan fingerprint density at radius 1 is 1.57 bits per heavy atom. The molecule has 0 saturated heterocycles. The molecule has 14 heavy (non-hydrogen) atoms. The Balaban J connectivity index is 2.97. The van der Waals surface area contributed by atoms with E-state index in [9.17, 15) is 5.11 Å². The molecule has 0 spiro atoms. The summed E-state index contributed by atoms with van der Waals surface area (Å²) < 4.78 is 2.73. The fraction of sp³-hybridized carbons (Fsp3) is 0.700. The van der Waals surface area contributed by atoms with Crippen molar-refractivity contribution in [1.29, 1.82) is 0 Å². The molecule has 80 valence electrons. The van der Waals surface area contributed by atoms with Crippen molar-refractivity contribution >= 4 is 15.9 Å². The van der Waals surface area contributed by atoms with Gasteiger partial charge < -0.3 is 5.11 Å². The van der Waals surface area contributed by atoms with E-state index in [2.05, 4.69) is 28.0 Å². The van der Waals surface area contributed by atoms with E-state index in [0.29, 0.717) is 0 Å². The molecule has 4 heteroatoms. The molecule has 1 aromatic rings. The van der Waals surface area contributed by atoms with Crippen molar-refractivity contribution in [1.82, 2.24) is 9.78 Å². The Morgan fingerprint density at radius 2 is 2.21 bits per heavy atom. The quantitative estimate of drug-likeness (QED) is 0.904. The van der Waals surface area contributed by atoms with Crippen molar-refractivity contribution in [2.24, 2.45) is 5.92 Å². The van der Waals surface area contributed by atoms with Crippen LogP contribution < -0.4 is 0 Å². The van der Waals surface area contributed by atoms with E-state index in [0.717, 1.165) is 23.1 Å². The number of aryl methyl sites for hydroxylation is 1. The topological polar surface area (TPSA) is 38.1 Å². The van der Waals surface area contributed by atoms with Crippen molar-refractivity contribution in [2.45, 2.75) is 39.8 Å². The molecule has 0 aliphatic carbocycles. The Labute approximate surface area is 93.3 Å². The van der Waals surface area contributed by atoms with Gasteiger partial charge in [-0.2, -0.15) is 5.10 Å². The lowest BCUT2D eigenvalue weighted by Gasteiger charge is -2.18. The third-order valence-corrected chi connectivity index (χ3v) is 3.21. The summed E-state index contributed by atoms with van der Waals surface area (Å²) in [4.78, 5) is 0. The van der Waals surface area contributed by atoms with Gasteiger partial charge in [0.05, 0.1) is 22.5 Å². The lowest BCUT2D eigenvalue weighted by Crippen LogP contribution is -2.14. The van der Waals surface area contributed by atoms with Crippen molar-refractivity contribution in [3.8, 4) is 0 Å². The standard InChI is InChI=1S/C10H17BrN2O/c1-4-7(3)10(14)9-8(11)6-12-13(9)5-2/h6-7,10,14H,4-5H2,1-3H3. The van der Waals surface area contributed by atoms with Crippen LogP contribution in [0, 0.1) is 5.92 Å². The van der Waals surface area contributed by atoms with Crippen molar-refractivity contribution < 1.29 is 5.11 Å². The van der Waals surface area contributed by atoms with Gasteiger partial charge in [-0.15, -0.1) is 0 Å². The van der Waals surface area contributed by atoms with Crippen LogP contribution in [0.25, 0.3) is 0 Å². The number of rotatable bonds is 4. The third-order valence-electron chi connectivity index (χ3n) is 2.60. The Kier molecular flexibility index (Phi) is 4.13. The maximum Gasteiger partial charge on any atom is 0.0993 e. The van der Waals surface area contributed by atoms with Crippen LogP contribution in [0.5, 0.6) is 0 Å². The molecule has 0 radical (unpaired) electrons. The summed E-state index contributed by atoms with van der Waals surface area (Å²) in [6.07, 6.45) is 2.27. The molecule has 3 nitrogen and oxygen atoms in total. The SMILES string of the molecule is CCC(C)C(O)c1c(Br)cnn1CC. The van der Waals surface area contributed by atoms with Gasteiger partial charge in [0, 0.05) is 6.54 Å². The van der Waals surface area contributed by atoms with Crippen molar-refractivity contribution in [3.63, 3.8) is 0 Å². The summed E-state index contributed by atoms with van der Waals surface area (Å²) in [7, 11) is 0. The molecule has 1 heterocycles. The zero-order chi connectivity index (χ0) is 10.7. The molecule has 1 N–H and O–H groups in total. The molecule has 0 fully saturated rings. The molecule has 0 saturated carbocycles. The highest BCUT2D eigenvalue weighted by atomic mass is 79.9. The van der Waals surface area contributed by atoms with Gasteiger partial charge in [-0.05, 0) is 28.8 Å². The minimum absolute atomic E-state index is 0.258. The number of hydrogen-bond acceptors (Lipinski definition) is 2. The first-order valence-electron chi connectivity index (χ1n) is 5.01. The monoisotopic (exact) mass is 260 g/mol. The second-order valence-electron chi connectivity index (χ2n) is 3.52. The minimum atomic E-state index is -0.433. The summed E-state index contributed by atoms with van der Waals surface area (Å²) in [5.74, 6) is 0.258. The molecule has 1 aromatic heterocycles. The molecule has 1 rings (SSSR count). The smallest absolute Gasteiger partial charge is 0.0993 e. The van der Waals surface area contributed by atoms with Gasteiger partial charge in [0.25, 0.3) is 0 Å². The van der Waals surface area contributed by atoms with Crippen LogP contribution in [-0.4, -0.2) is 14.9 Å². The predicted molar refractivity (Wildman–Crippen MR) is 60.0 cm³/mol. The molecular formula is C10H17BrN2O. The summed E-state index contributed by atoms with van der Waals surface area (Å²) in [5.41, 5.74) is 0.891. The van der Waals surface area contributed by atoms with Crippen molar-refractivity contribution in [3.05, 3.63) is 16.4 Å². The highest BCUT2D eigenvalue weighted by Gasteiger charge is 2.21. The number of aliphatic hydroxyl groups is 1. The van der Waals surface area contributed by atoms with Crippen LogP contribution in [-0.2, 0) is 6.54 Å². The van der Waals surface area contributed by atoms with Gasteiger partial charge in [-0.1, -0.05) is 20.3 Å². The Bertz CT molecular complexity index is 298. The van der Waals surface area contributed by atoms with Crippen LogP contribution in [0.3, 0.4) is 0 Å². The molecule has 2 atom stereocenters. The highest BCUT2D eigenvalue weighted by Crippen LogP contribution is 2.29. The molecule has 2 unspecified atom stereocenters. The van der Waals surface area contributed by atoms with Gasteiger partial charge in [0.2, 0.25) is 0 Å². The van der Waals surface area contributed by atoms with Gasteiger partial charge in [0.1, 0.15) is 0 Å². The van der Waals surface area contributed by atoms with Crippen molar-refractivity contribution in [2.75, 3.05) is 0 Å². The maximum atomic E-state index is 10.1. The van der Waals surface area contributed by atoms with Gasteiger partial charge >= 0.3 is 0 Å². The van der Waals surface area contributed by atoms with Gasteiger partial charge in [0.15, 0.2) is 0 Å². The van der Waals surface area contributed by atoms with E-state index >= 15 is 0 Å². The number of aromatic nitrogens is 2. The maximum absolute atomic E-state index is 10.1. The number of hydrogen-bond donors (Lipinski definition) is 1. The average molecular weight is 261 g/mol. The van der Waals surface area contributed by atoms with Crippen LogP contribution in [0.1, 0.15) is 39.0 Å². The molecule has 0 bridgehead atoms. The molecule has 0 amide bonds.